The summed E-state index contributed by atoms with van der Waals surface area (Å²) in [4.78, 5) is 2.35. The Balaban J connectivity index is 3.33. The lowest BCUT2D eigenvalue weighted by molar-refractivity contribution is 0.121. The highest BCUT2D eigenvalue weighted by molar-refractivity contribution is 4.63. The third kappa shape index (κ3) is 8.85. The van der Waals surface area contributed by atoms with Crippen molar-refractivity contribution in [3.05, 3.63) is 0 Å². The standard InChI is InChI=1S/C12H28N2O/c1-5-12(13-3)8-7-9-14(4)10-11-15-6-2/h12-13H,5-11H2,1-4H3. The summed E-state index contributed by atoms with van der Waals surface area (Å²) in [5.74, 6) is 0. The first kappa shape index (κ1) is 14.9. The number of nitrogens with one attached hydrogen (secondary N) is 1. The van der Waals surface area contributed by atoms with Gasteiger partial charge >= 0.3 is 0 Å². The monoisotopic (exact) mass is 216 g/mol. The van der Waals surface area contributed by atoms with Crippen molar-refractivity contribution in [3.8, 4) is 0 Å². The highest BCUT2D eigenvalue weighted by atomic mass is 16.5. The zero-order valence-corrected chi connectivity index (χ0v) is 10.9. The maximum absolute atomic E-state index is 5.32. The van der Waals surface area contributed by atoms with Crippen molar-refractivity contribution in [1.82, 2.24) is 10.2 Å². The van der Waals surface area contributed by atoms with Gasteiger partial charge < -0.3 is 15.0 Å². The fraction of sp³-hybridized carbons (Fsp3) is 1.00. The Morgan fingerprint density at radius 2 is 2.00 bits per heavy atom. The fourth-order valence-corrected chi connectivity index (χ4v) is 1.64. The molecule has 0 spiro atoms. The molecule has 0 rings (SSSR count). The van der Waals surface area contributed by atoms with Gasteiger partial charge in [-0.25, -0.2) is 0 Å². The maximum Gasteiger partial charge on any atom is 0.0593 e. The Morgan fingerprint density at radius 1 is 1.27 bits per heavy atom. The molecule has 0 amide bonds. The van der Waals surface area contributed by atoms with Gasteiger partial charge in [0.15, 0.2) is 0 Å². The van der Waals surface area contributed by atoms with E-state index < -0.39 is 0 Å². The van der Waals surface area contributed by atoms with Crippen molar-refractivity contribution in [1.29, 1.82) is 0 Å². The zero-order valence-electron chi connectivity index (χ0n) is 10.9. The Morgan fingerprint density at radius 3 is 2.53 bits per heavy atom. The van der Waals surface area contributed by atoms with E-state index >= 15 is 0 Å². The van der Waals surface area contributed by atoms with Crippen molar-refractivity contribution >= 4 is 0 Å². The van der Waals surface area contributed by atoms with Crippen molar-refractivity contribution in [3.63, 3.8) is 0 Å². The van der Waals surface area contributed by atoms with Crippen LogP contribution in [0, 0.1) is 0 Å². The zero-order chi connectivity index (χ0) is 11.5. The van der Waals surface area contributed by atoms with Crippen LogP contribution >= 0.6 is 0 Å². The van der Waals surface area contributed by atoms with Gasteiger partial charge in [0.25, 0.3) is 0 Å². The lowest BCUT2D eigenvalue weighted by Crippen LogP contribution is -2.28. The van der Waals surface area contributed by atoms with Gasteiger partial charge in [-0.1, -0.05) is 6.92 Å². The van der Waals surface area contributed by atoms with Crippen LogP contribution in [0.3, 0.4) is 0 Å². The van der Waals surface area contributed by atoms with Gasteiger partial charge in [0.05, 0.1) is 6.61 Å². The molecule has 92 valence electrons. The summed E-state index contributed by atoms with van der Waals surface area (Å²) in [5.41, 5.74) is 0. The summed E-state index contributed by atoms with van der Waals surface area (Å²) >= 11 is 0. The molecule has 0 heterocycles. The quantitative estimate of drug-likeness (QED) is 0.563. The summed E-state index contributed by atoms with van der Waals surface area (Å²) in [7, 11) is 4.21. The number of likely N-dealkylation sites (N-methyl/N-ethyl adjacent to an activating group) is 1. The van der Waals surface area contributed by atoms with Crippen molar-refractivity contribution in [2.45, 2.75) is 39.2 Å². The second-order valence-electron chi connectivity index (χ2n) is 4.04. The van der Waals surface area contributed by atoms with Crippen molar-refractivity contribution < 1.29 is 4.74 Å². The molecule has 0 aliphatic rings. The fourth-order valence-electron chi connectivity index (χ4n) is 1.64. The normalized spacial score (nSPS) is 13.4. The van der Waals surface area contributed by atoms with E-state index in [1.54, 1.807) is 0 Å². The highest BCUT2D eigenvalue weighted by Gasteiger charge is 2.03. The average Bonchev–Trinajstić information content (AvgIpc) is 2.25. The molecule has 0 aliphatic carbocycles. The number of nitrogens with zero attached hydrogens (tertiary/aromatic N) is 1. The van der Waals surface area contributed by atoms with Crippen molar-refractivity contribution in [2.75, 3.05) is 40.4 Å². The highest BCUT2D eigenvalue weighted by Crippen LogP contribution is 2.01. The molecule has 0 saturated carbocycles. The largest absolute Gasteiger partial charge is 0.380 e. The molecular weight excluding hydrogens is 188 g/mol. The molecule has 3 nitrogen and oxygen atoms in total. The van der Waals surface area contributed by atoms with Crippen molar-refractivity contribution in [2.24, 2.45) is 0 Å². The minimum Gasteiger partial charge on any atom is -0.380 e. The summed E-state index contributed by atoms with van der Waals surface area (Å²) in [6.07, 6.45) is 3.76. The van der Waals surface area contributed by atoms with Crippen LogP contribution in [0.25, 0.3) is 0 Å². The molecule has 0 bridgehead atoms. The van der Waals surface area contributed by atoms with E-state index in [4.69, 9.17) is 4.74 Å². The topological polar surface area (TPSA) is 24.5 Å². The Bertz CT molecular complexity index is 127. The Hall–Kier alpha value is -0.120. The third-order valence-corrected chi connectivity index (χ3v) is 2.81. The number of ether oxygens (including phenoxy) is 1. The predicted molar refractivity (Wildman–Crippen MR) is 66.4 cm³/mol. The van der Waals surface area contributed by atoms with Gasteiger partial charge in [-0.2, -0.15) is 0 Å². The van der Waals surface area contributed by atoms with Crippen LogP contribution in [0.2, 0.25) is 0 Å². The Labute approximate surface area is 95.2 Å². The van der Waals surface area contributed by atoms with Crippen LogP contribution in [0.1, 0.15) is 33.1 Å². The van der Waals surface area contributed by atoms with Crippen LogP contribution in [-0.4, -0.2) is 51.3 Å². The smallest absolute Gasteiger partial charge is 0.0593 e. The maximum atomic E-state index is 5.32. The van der Waals surface area contributed by atoms with E-state index in [0.717, 1.165) is 19.8 Å². The van der Waals surface area contributed by atoms with E-state index in [0.29, 0.717) is 6.04 Å². The van der Waals surface area contributed by atoms with Crippen LogP contribution < -0.4 is 5.32 Å². The van der Waals surface area contributed by atoms with Gasteiger partial charge in [0, 0.05) is 19.2 Å². The molecular formula is C12H28N2O. The summed E-state index contributed by atoms with van der Waals surface area (Å²) in [6, 6.07) is 0.685. The number of rotatable bonds is 10. The number of hydrogen-bond donors (Lipinski definition) is 1. The molecule has 1 atom stereocenters. The van der Waals surface area contributed by atoms with Crippen LogP contribution in [-0.2, 0) is 4.74 Å². The minimum atomic E-state index is 0.685. The van der Waals surface area contributed by atoms with E-state index in [1.807, 2.05) is 14.0 Å². The molecule has 1 N–H and O–H groups in total. The molecule has 0 fully saturated rings. The molecule has 1 unspecified atom stereocenters. The van der Waals surface area contributed by atoms with Gasteiger partial charge in [-0.05, 0) is 46.8 Å². The molecule has 0 aromatic heterocycles. The van der Waals surface area contributed by atoms with E-state index in [-0.39, 0.29) is 0 Å². The predicted octanol–water partition coefficient (Wildman–Crippen LogP) is 1.73. The third-order valence-electron chi connectivity index (χ3n) is 2.81. The van der Waals surface area contributed by atoms with E-state index in [9.17, 15) is 0 Å². The first-order chi connectivity index (χ1) is 7.24. The molecule has 0 saturated heterocycles. The SMILES string of the molecule is CCOCCN(C)CCCC(CC)NC. The summed E-state index contributed by atoms with van der Waals surface area (Å²) < 4.78 is 5.32. The minimum absolute atomic E-state index is 0.685. The Kier molecular flexibility index (Phi) is 10.3. The first-order valence-corrected chi connectivity index (χ1v) is 6.18. The lowest BCUT2D eigenvalue weighted by atomic mass is 10.1. The molecule has 3 heteroatoms. The van der Waals surface area contributed by atoms with Crippen LogP contribution in [0.15, 0.2) is 0 Å². The molecule has 0 radical (unpaired) electrons. The van der Waals surface area contributed by atoms with E-state index in [2.05, 4.69) is 24.2 Å². The molecule has 0 aromatic rings. The van der Waals surface area contributed by atoms with Crippen LogP contribution in [0.5, 0.6) is 0 Å². The van der Waals surface area contributed by atoms with Crippen LogP contribution in [0.4, 0.5) is 0 Å². The second kappa shape index (κ2) is 10.4. The molecule has 0 aliphatic heterocycles. The van der Waals surface area contributed by atoms with Gasteiger partial charge in [0.2, 0.25) is 0 Å². The second-order valence-corrected chi connectivity index (χ2v) is 4.04. The van der Waals surface area contributed by atoms with E-state index in [1.165, 1.54) is 25.8 Å². The molecule has 0 aromatic carbocycles. The molecule has 15 heavy (non-hydrogen) atoms. The average molecular weight is 216 g/mol. The first-order valence-electron chi connectivity index (χ1n) is 6.18. The summed E-state index contributed by atoms with van der Waals surface area (Å²) in [5, 5.41) is 3.33. The van der Waals surface area contributed by atoms with Gasteiger partial charge in [-0.3, -0.25) is 0 Å². The number of hydrogen-bond acceptors (Lipinski definition) is 3. The van der Waals surface area contributed by atoms with Gasteiger partial charge in [-0.15, -0.1) is 0 Å². The lowest BCUT2D eigenvalue weighted by Gasteiger charge is -2.18. The summed E-state index contributed by atoms with van der Waals surface area (Å²) in [6.45, 7) is 8.18. The van der Waals surface area contributed by atoms with Gasteiger partial charge in [0.1, 0.15) is 0 Å².